The molecule has 1 aromatic rings. The van der Waals surface area contributed by atoms with E-state index in [-0.39, 0.29) is 29.9 Å². The monoisotopic (exact) mass is 459 g/mol. The lowest BCUT2D eigenvalue weighted by atomic mass is 9.87. The van der Waals surface area contributed by atoms with Crippen LogP contribution in [0.2, 0.25) is 0 Å². The number of aliphatic carboxylic acids is 1. The number of carboxylic acid groups (broad SMARTS) is 1. The molecule has 33 heavy (non-hydrogen) atoms. The van der Waals surface area contributed by atoms with Crippen LogP contribution in [0, 0.1) is 5.92 Å². The molecule has 0 unspecified atom stereocenters. The minimum absolute atomic E-state index is 0.00237. The Bertz CT molecular complexity index is 764. The molecule has 1 saturated carbocycles. The first-order chi connectivity index (χ1) is 15.8. The summed E-state index contributed by atoms with van der Waals surface area (Å²) in [4.78, 5) is 13.1. The second-order valence-corrected chi connectivity index (χ2v) is 10.4. The molecule has 0 bridgehead atoms. The first-order valence-electron chi connectivity index (χ1n) is 12.3. The molecular weight excluding hydrogens is 418 g/mol. The number of ether oxygens (including phenoxy) is 2. The predicted molar refractivity (Wildman–Crippen MR) is 129 cm³/mol. The van der Waals surface area contributed by atoms with Crippen molar-refractivity contribution in [2.45, 2.75) is 83.1 Å². The highest BCUT2D eigenvalue weighted by molar-refractivity contribution is 5.66. The van der Waals surface area contributed by atoms with Crippen molar-refractivity contribution >= 4 is 5.97 Å². The molecule has 1 heterocycles. The van der Waals surface area contributed by atoms with E-state index in [1.807, 2.05) is 6.08 Å². The summed E-state index contributed by atoms with van der Waals surface area (Å²) in [5, 5.41) is 19.8. The van der Waals surface area contributed by atoms with Gasteiger partial charge in [-0.2, -0.15) is 0 Å². The zero-order chi connectivity index (χ0) is 23.8. The van der Waals surface area contributed by atoms with Crippen molar-refractivity contribution < 1.29 is 24.5 Å². The first-order valence-corrected chi connectivity index (χ1v) is 12.3. The number of hydrogen-bond donors (Lipinski definition) is 2. The van der Waals surface area contributed by atoms with Gasteiger partial charge in [0.05, 0.1) is 32.0 Å². The summed E-state index contributed by atoms with van der Waals surface area (Å²) < 4.78 is 11.9. The van der Waals surface area contributed by atoms with Gasteiger partial charge < -0.3 is 19.7 Å². The van der Waals surface area contributed by atoms with Gasteiger partial charge in [-0.25, -0.2) is 0 Å². The van der Waals surface area contributed by atoms with E-state index in [0.717, 1.165) is 31.5 Å². The van der Waals surface area contributed by atoms with Crippen molar-refractivity contribution in [3.63, 3.8) is 0 Å². The zero-order valence-corrected chi connectivity index (χ0v) is 20.4. The number of aliphatic hydroxyl groups is 1. The number of nitrogens with zero attached hydrogens (tertiary/aromatic N) is 1. The van der Waals surface area contributed by atoms with Crippen LogP contribution < -0.4 is 0 Å². The van der Waals surface area contributed by atoms with Crippen molar-refractivity contribution in [3.8, 4) is 0 Å². The van der Waals surface area contributed by atoms with Gasteiger partial charge in [-0.05, 0) is 35.8 Å². The highest BCUT2D eigenvalue weighted by Crippen LogP contribution is 2.37. The van der Waals surface area contributed by atoms with Crippen LogP contribution in [0.3, 0.4) is 0 Å². The van der Waals surface area contributed by atoms with Crippen LogP contribution in [-0.2, 0) is 26.3 Å². The summed E-state index contributed by atoms with van der Waals surface area (Å²) in [6.45, 7) is 10.3. The molecule has 1 aliphatic heterocycles. The summed E-state index contributed by atoms with van der Waals surface area (Å²) >= 11 is 0. The third kappa shape index (κ3) is 7.64. The van der Waals surface area contributed by atoms with Gasteiger partial charge in [-0.3, -0.25) is 9.69 Å². The van der Waals surface area contributed by atoms with Crippen molar-refractivity contribution in [1.29, 1.82) is 0 Å². The van der Waals surface area contributed by atoms with E-state index in [9.17, 15) is 9.90 Å². The molecule has 2 N–H and O–H groups in total. The second kappa shape index (κ2) is 12.1. The predicted octanol–water partition coefficient (Wildman–Crippen LogP) is 4.15. The minimum Gasteiger partial charge on any atom is -0.481 e. The van der Waals surface area contributed by atoms with Crippen LogP contribution in [0.4, 0.5) is 0 Å². The molecule has 6 nitrogen and oxygen atoms in total. The lowest BCUT2D eigenvalue weighted by molar-refractivity contribution is -0.136. The smallest absolute Gasteiger partial charge is 0.303 e. The van der Waals surface area contributed by atoms with Gasteiger partial charge in [0.1, 0.15) is 0 Å². The van der Waals surface area contributed by atoms with Gasteiger partial charge >= 0.3 is 5.97 Å². The van der Waals surface area contributed by atoms with E-state index < -0.39 is 12.1 Å². The molecule has 1 saturated heterocycles. The van der Waals surface area contributed by atoms with E-state index in [2.05, 4.69) is 56.0 Å². The SMILES string of the molecule is CC(C)(C)c1ccc(CO[C@H]2C[C@@H](O)[C@H](N3CCOCC3)[C@H]2CC/C=C\CCC(=O)O)cc1. The number of hydrogen-bond acceptors (Lipinski definition) is 5. The van der Waals surface area contributed by atoms with E-state index in [1.165, 1.54) is 5.56 Å². The van der Waals surface area contributed by atoms with Gasteiger partial charge in [0.2, 0.25) is 0 Å². The standard InChI is InChI=1S/C27H41NO5/c1-27(2,3)21-12-10-20(11-13-21)19-33-24-18-23(29)26(28-14-16-32-17-15-28)22(24)8-6-4-5-7-9-25(30)31/h4-5,10-13,22-24,26,29H,6-9,14-19H2,1-3H3,(H,30,31)/b5-4-/t22-,23+,24-,26+/m0/s1. The summed E-state index contributed by atoms with van der Waals surface area (Å²) in [5.74, 6) is -0.536. The van der Waals surface area contributed by atoms with Crippen LogP contribution in [0.5, 0.6) is 0 Å². The highest BCUT2D eigenvalue weighted by atomic mass is 16.5. The maximum absolute atomic E-state index is 11.0. The Labute approximate surface area is 198 Å². The van der Waals surface area contributed by atoms with Crippen LogP contribution in [0.15, 0.2) is 36.4 Å². The molecule has 1 aliphatic carbocycles. The van der Waals surface area contributed by atoms with Gasteiger partial charge in [-0.15, -0.1) is 0 Å². The fourth-order valence-electron chi connectivity index (χ4n) is 5.03. The summed E-state index contributed by atoms with van der Waals surface area (Å²) in [5.41, 5.74) is 2.59. The number of carbonyl (C=O) groups is 1. The minimum atomic E-state index is -0.769. The van der Waals surface area contributed by atoms with E-state index in [1.54, 1.807) is 0 Å². The summed E-state index contributed by atoms with van der Waals surface area (Å²) in [6, 6.07) is 8.72. The number of benzene rings is 1. The third-order valence-corrected chi connectivity index (χ3v) is 6.89. The Morgan fingerprint density at radius 2 is 1.82 bits per heavy atom. The van der Waals surface area contributed by atoms with E-state index in [0.29, 0.717) is 32.7 Å². The van der Waals surface area contributed by atoms with Gasteiger partial charge in [0.25, 0.3) is 0 Å². The van der Waals surface area contributed by atoms with Crippen LogP contribution in [0.25, 0.3) is 0 Å². The molecule has 0 radical (unpaired) electrons. The molecule has 0 amide bonds. The van der Waals surface area contributed by atoms with Crippen LogP contribution in [0.1, 0.15) is 64.0 Å². The summed E-state index contributed by atoms with van der Waals surface area (Å²) in [7, 11) is 0. The average molecular weight is 460 g/mol. The number of carboxylic acids is 1. The van der Waals surface area contributed by atoms with Crippen LogP contribution in [-0.4, -0.2) is 65.6 Å². The Balaban J connectivity index is 1.62. The highest BCUT2D eigenvalue weighted by Gasteiger charge is 2.45. The molecule has 1 aromatic carbocycles. The summed E-state index contributed by atoms with van der Waals surface area (Å²) in [6.07, 6.45) is 6.76. The van der Waals surface area contributed by atoms with E-state index >= 15 is 0 Å². The lowest BCUT2D eigenvalue weighted by Gasteiger charge is -2.38. The quantitative estimate of drug-likeness (QED) is 0.512. The second-order valence-electron chi connectivity index (χ2n) is 10.4. The fraction of sp³-hybridized carbons (Fsp3) is 0.667. The molecule has 2 aliphatic rings. The normalized spacial score (nSPS) is 26.8. The Morgan fingerprint density at radius 1 is 1.15 bits per heavy atom. The van der Waals surface area contributed by atoms with Gasteiger partial charge in [0, 0.05) is 37.9 Å². The third-order valence-electron chi connectivity index (χ3n) is 6.89. The molecule has 6 heteroatoms. The van der Waals surface area contributed by atoms with Gasteiger partial charge in [-0.1, -0.05) is 57.2 Å². The molecule has 184 valence electrons. The maximum Gasteiger partial charge on any atom is 0.303 e. The molecule has 3 rings (SSSR count). The van der Waals surface area contributed by atoms with Crippen molar-refractivity contribution in [2.75, 3.05) is 26.3 Å². The Kier molecular flexibility index (Phi) is 9.50. The number of morpholine rings is 1. The van der Waals surface area contributed by atoms with Crippen molar-refractivity contribution in [3.05, 3.63) is 47.5 Å². The molecule has 4 atom stereocenters. The van der Waals surface area contributed by atoms with Crippen molar-refractivity contribution in [2.24, 2.45) is 5.92 Å². The molecule has 0 spiro atoms. The molecule has 2 fully saturated rings. The maximum atomic E-state index is 11.0. The molecular formula is C27H41NO5. The Morgan fingerprint density at radius 3 is 2.45 bits per heavy atom. The number of aliphatic hydroxyl groups excluding tert-OH is 1. The average Bonchev–Trinajstić information content (AvgIpc) is 3.09. The fourth-order valence-corrected chi connectivity index (χ4v) is 5.03. The Hall–Kier alpha value is -1.73. The van der Waals surface area contributed by atoms with Crippen LogP contribution >= 0.6 is 0 Å². The number of allylic oxidation sites excluding steroid dienone is 2. The number of rotatable bonds is 10. The first kappa shape index (κ1) is 25.9. The van der Waals surface area contributed by atoms with Crippen molar-refractivity contribution in [1.82, 2.24) is 4.90 Å². The zero-order valence-electron chi connectivity index (χ0n) is 20.4. The molecule has 0 aromatic heterocycles. The topological polar surface area (TPSA) is 79.2 Å². The largest absolute Gasteiger partial charge is 0.481 e. The van der Waals surface area contributed by atoms with Gasteiger partial charge in [0.15, 0.2) is 0 Å². The van der Waals surface area contributed by atoms with E-state index in [4.69, 9.17) is 14.6 Å². The lowest BCUT2D eigenvalue weighted by Crippen LogP contribution is -2.50.